The molecular formula is C22H23N5O. The highest BCUT2D eigenvalue weighted by molar-refractivity contribution is 5.87. The molecule has 0 atom stereocenters. The van der Waals surface area contributed by atoms with Crippen LogP contribution in [0.1, 0.15) is 18.7 Å². The van der Waals surface area contributed by atoms with Crippen LogP contribution in [-0.4, -0.2) is 38.7 Å². The minimum absolute atomic E-state index is 0.217. The maximum Gasteiger partial charge on any atom is 0.164 e. The Kier molecular flexibility index (Phi) is 4.11. The Morgan fingerprint density at radius 2 is 1.86 bits per heavy atom. The van der Waals surface area contributed by atoms with Crippen LogP contribution in [0.25, 0.3) is 21.9 Å². The molecule has 4 aromatic rings. The van der Waals surface area contributed by atoms with Crippen molar-refractivity contribution in [2.24, 2.45) is 7.05 Å². The number of aromatic nitrogens is 4. The highest BCUT2D eigenvalue weighted by Crippen LogP contribution is 2.30. The summed E-state index contributed by atoms with van der Waals surface area (Å²) in [6, 6.07) is 12.4. The number of aryl methyl sites for hydroxylation is 2. The second-order valence-corrected chi connectivity index (χ2v) is 7.39. The summed E-state index contributed by atoms with van der Waals surface area (Å²) in [6.07, 6.45) is 6.01. The van der Waals surface area contributed by atoms with Gasteiger partial charge < -0.3 is 14.2 Å². The zero-order valence-corrected chi connectivity index (χ0v) is 16.2. The fraction of sp³-hybridized carbons (Fsp3) is 0.318. The topological polar surface area (TPSA) is 56.1 Å². The highest BCUT2D eigenvalue weighted by Gasteiger charge is 2.24. The van der Waals surface area contributed by atoms with E-state index in [1.54, 1.807) is 6.20 Å². The smallest absolute Gasteiger partial charge is 0.164 e. The van der Waals surface area contributed by atoms with Gasteiger partial charge in [-0.25, -0.2) is 15.0 Å². The number of benzene rings is 1. The molecule has 0 spiro atoms. The number of anilines is 1. The van der Waals surface area contributed by atoms with E-state index in [0.717, 1.165) is 54.4 Å². The summed E-state index contributed by atoms with van der Waals surface area (Å²) < 4.78 is 8.52. The third-order valence-corrected chi connectivity index (χ3v) is 5.49. The van der Waals surface area contributed by atoms with E-state index in [-0.39, 0.29) is 6.10 Å². The normalized spacial score (nSPS) is 15.4. The summed E-state index contributed by atoms with van der Waals surface area (Å²) in [6.45, 7) is 3.75. The van der Waals surface area contributed by atoms with Crippen molar-refractivity contribution in [1.29, 1.82) is 0 Å². The summed E-state index contributed by atoms with van der Waals surface area (Å²) >= 11 is 0. The number of rotatable bonds is 3. The summed E-state index contributed by atoms with van der Waals surface area (Å²) in [5, 5.41) is 2.19. The molecule has 4 heterocycles. The number of ether oxygens (including phenoxy) is 1. The molecule has 28 heavy (non-hydrogen) atoms. The van der Waals surface area contributed by atoms with E-state index in [2.05, 4.69) is 63.0 Å². The van der Waals surface area contributed by atoms with Gasteiger partial charge in [0.15, 0.2) is 5.65 Å². The van der Waals surface area contributed by atoms with Gasteiger partial charge in [-0.05, 0) is 37.3 Å². The number of pyridine rings is 1. The largest absolute Gasteiger partial charge is 0.490 e. The fourth-order valence-electron chi connectivity index (χ4n) is 4.04. The van der Waals surface area contributed by atoms with Crippen molar-refractivity contribution in [2.45, 2.75) is 25.9 Å². The molecule has 1 aliphatic heterocycles. The summed E-state index contributed by atoms with van der Waals surface area (Å²) in [7, 11) is 2.06. The predicted molar refractivity (Wildman–Crippen MR) is 111 cm³/mol. The standard InChI is InChI=1S/C22H23N5O/c1-15-24-21-18(5-4-11-23-21)22(25-15)27-13-8-16(9-14-27)28-20-7-3-6-19-17(20)10-12-26(19)2/h3-7,10-12,16H,8-9,13-14H2,1-2H3. The van der Waals surface area contributed by atoms with Crippen molar-refractivity contribution < 1.29 is 4.74 Å². The minimum atomic E-state index is 0.217. The van der Waals surface area contributed by atoms with Crippen molar-refractivity contribution in [3.05, 3.63) is 54.6 Å². The Hall–Kier alpha value is -3.15. The van der Waals surface area contributed by atoms with E-state index in [4.69, 9.17) is 9.72 Å². The lowest BCUT2D eigenvalue weighted by molar-refractivity contribution is 0.173. The highest BCUT2D eigenvalue weighted by atomic mass is 16.5. The van der Waals surface area contributed by atoms with Crippen LogP contribution < -0.4 is 9.64 Å². The van der Waals surface area contributed by atoms with E-state index < -0.39 is 0 Å². The van der Waals surface area contributed by atoms with Crippen molar-refractivity contribution in [3.63, 3.8) is 0 Å². The average Bonchev–Trinajstić information content (AvgIpc) is 3.10. The van der Waals surface area contributed by atoms with Gasteiger partial charge >= 0.3 is 0 Å². The first-order valence-electron chi connectivity index (χ1n) is 9.74. The lowest BCUT2D eigenvalue weighted by Gasteiger charge is -2.33. The van der Waals surface area contributed by atoms with Gasteiger partial charge in [-0.1, -0.05) is 6.07 Å². The van der Waals surface area contributed by atoms with Crippen LogP contribution in [0.15, 0.2) is 48.8 Å². The average molecular weight is 373 g/mol. The second kappa shape index (κ2) is 6.78. The number of hydrogen-bond donors (Lipinski definition) is 0. The molecule has 0 N–H and O–H groups in total. The number of hydrogen-bond acceptors (Lipinski definition) is 5. The molecule has 0 bridgehead atoms. The van der Waals surface area contributed by atoms with Gasteiger partial charge in [0.1, 0.15) is 23.5 Å². The van der Waals surface area contributed by atoms with Crippen LogP contribution in [0.4, 0.5) is 5.82 Å². The van der Waals surface area contributed by atoms with Gasteiger partial charge in [-0.2, -0.15) is 0 Å². The summed E-state index contributed by atoms with van der Waals surface area (Å²) in [4.78, 5) is 15.9. The molecule has 5 rings (SSSR count). The zero-order chi connectivity index (χ0) is 19.1. The second-order valence-electron chi connectivity index (χ2n) is 7.39. The van der Waals surface area contributed by atoms with Gasteiger partial charge in [-0.3, -0.25) is 0 Å². The van der Waals surface area contributed by atoms with E-state index in [0.29, 0.717) is 0 Å². The van der Waals surface area contributed by atoms with Gasteiger partial charge in [0, 0.05) is 50.8 Å². The Labute approximate surface area is 163 Å². The molecule has 6 nitrogen and oxygen atoms in total. The minimum Gasteiger partial charge on any atom is -0.490 e. The predicted octanol–water partition coefficient (Wildman–Crippen LogP) is 3.87. The number of piperidine rings is 1. The van der Waals surface area contributed by atoms with Gasteiger partial charge in [0.05, 0.1) is 10.9 Å². The van der Waals surface area contributed by atoms with Crippen molar-refractivity contribution in [3.8, 4) is 5.75 Å². The Morgan fingerprint density at radius 1 is 1.00 bits per heavy atom. The molecule has 1 fully saturated rings. The lowest BCUT2D eigenvalue weighted by atomic mass is 10.1. The third kappa shape index (κ3) is 2.95. The SMILES string of the molecule is Cc1nc(N2CCC(Oc3cccc4c3ccn4C)CC2)c2cccnc2n1. The summed E-state index contributed by atoms with van der Waals surface area (Å²) in [5.41, 5.74) is 1.96. The van der Waals surface area contributed by atoms with Gasteiger partial charge in [0.2, 0.25) is 0 Å². The molecule has 1 aromatic carbocycles. The maximum atomic E-state index is 6.39. The Bertz CT molecular complexity index is 1140. The van der Waals surface area contributed by atoms with Gasteiger partial charge in [0.25, 0.3) is 0 Å². The van der Waals surface area contributed by atoms with E-state index in [9.17, 15) is 0 Å². The first kappa shape index (κ1) is 17.0. The van der Waals surface area contributed by atoms with Crippen molar-refractivity contribution >= 4 is 27.8 Å². The molecule has 0 aliphatic carbocycles. The first-order valence-corrected chi connectivity index (χ1v) is 9.74. The number of nitrogens with zero attached hydrogens (tertiary/aromatic N) is 5. The Morgan fingerprint density at radius 3 is 2.71 bits per heavy atom. The fourth-order valence-corrected chi connectivity index (χ4v) is 4.04. The molecule has 1 aliphatic rings. The third-order valence-electron chi connectivity index (χ3n) is 5.49. The quantitative estimate of drug-likeness (QED) is 0.546. The van der Waals surface area contributed by atoms with E-state index >= 15 is 0 Å². The first-order chi connectivity index (χ1) is 13.7. The molecule has 0 amide bonds. The Balaban J connectivity index is 1.34. The molecule has 0 saturated carbocycles. The molecule has 0 radical (unpaired) electrons. The van der Waals surface area contributed by atoms with Crippen LogP contribution in [0.3, 0.4) is 0 Å². The van der Waals surface area contributed by atoms with Crippen molar-refractivity contribution in [2.75, 3.05) is 18.0 Å². The number of fused-ring (bicyclic) bond motifs is 2. The zero-order valence-electron chi connectivity index (χ0n) is 16.2. The van der Waals surface area contributed by atoms with Crippen LogP contribution in [0.5, 0.6) is 5.75 Å². The lowest BCUT2D eigenvalue weighted by Crippen LogP contribution is -2.39. The molecule has 3 aromatic heterocycles. The molecule has 142 valence electrons. The maximum absolute atomic E-state index is 6.39. The van der Waals surface area contributed by atoms with E-state index in [1.807, 2.05) is 13.0 Å². The molecular weight excluding hydrogens is 350 g/mol. The van der Waals surface area contributed by atoms with Gasteiger partial charge in [-0.15, -0.1) is 0 Å². The van der Waals surface area contributed by atoms with Crippen LogP contribution in [0, 0.1) is 6.92 Å². The molecule has 0 unspecified atom stereocenters. The van der Waals surface area contributed by atoms with Crippen LogP contribution in [0.2, 0.25) is 0 Å². The van der Waals surface area contributed by atoms with Crippen LogP contribution >= 0.6 is 0 Å². The van der Waals surface area contributed by atoms with Crippen molar-refractivity contribution in [1.82, 2.24) is 19.5 Å². The van der Waals surface area contributed by atoms with Crippen LogP contribution in [-0.2, 0) is 7.05 Å². The summed E-state index contributed by atoms with van der Waals surface area (Å²) in [5.74, 6) is 2.72. The molecule has 6 heteroatoms. The monoisotopic (exact) mass is 373 g/mol. The van der Waals surface area contributed by atoms with E-state index in [1.165, 1.54) is 10.9 Å². The molecule has 1 saturated heterocycles.